The molecule has 2 rings (SSSR count). The van der Waals surface area contributed by atoms with Crippen molar-refractivity contribution in [3.05, 3.63) is 46.5 Å². The first-order chi connectivity index (χ1) is 7.99. The maximum Gasteiger partial charge on any atom is 0.250 e. The van der Waals surface area contributed by atoms with Crippen molar-refractivity contribution in [3.63, 3.8) is 0 Å². The quantitative estimate of drug-likeness (QED) is 0.744. The van der Waals surface area contributed by atoms with Crippen LogP contribution in [0.4, 0.5) is 0 Å². The lowest BCUT2D eigenvalue weighted by Crippen LogP contribution is -2.13. The summed E-state index contributed by atoms with van der Waals surface area (Å²) in [5.41, 5.74) is 6.16. The van der Waals surface area contributed by atoms with E-state index < -0.39 is 0 Å². The van der Waals surface area contributed by atoms with Crippen LogP contribution in [0, 0.1) is 6.92 Å². The summed E-state index contributed by atoms with van der Waals surface area (Å²) in [6.45, 7) is 7.70. The Morgan fingerprint density at radius 1 is 1.35 bits per heavy atom. The van der Waals surface area contributed by atoms with Gasteiger partial charge in [-0.1, -0.05) is 12.6 Å². The summed E-state index contributed by atoms with van der Waals surface area (Å²) in [4.78, 5) is 10.7. The van der Waals surface area contributed by atoms with Crippen molar-refractivity contribution in [1.82, 2.24) is 9.99 Å². The van der Waals surface area contributed by atoms with Gasteiger partial charge in [0.1, 0.15) is 0 Å². The van der Waals surface area contributed by atoms with E-state index in [0.717, 1.165) is 29.8 Å². The molecule has 0 saturated heterocycles. The van der Waals surface area contributed by atoms with E-state index in [2.05, 4.69) is 17.1 Å². The first-order valence-corrected chi connectivity index (χ1v) is 5.59. The number of hydrogen-bond donors (Lipinski definition) is 1. The maximum atomic E-state index is 10.7. The molecule has 0 unspecified atom stereocenters. The minimum atomic E-state index is 0.0422. The molecule has 4 nitrogen and oxygen atoms in total. The molecule has 1 N–H and O–H groups in total. The standard InChI is InChI=1S/C7H9NO.C6H10N2/c1-6-3-4-7(9)8(2)5-6;1-5-3-4-6(2)8-7-5/h3-5H,1-2H3;7H,1,3-4H2,2H3. The van der Waals surface area contributed by atoms with Crippen LogP contribution in [-0.2, 0) is 7.05 Å². The van der Waals surface area contributed by atoms with Gasteiger partial charge in [-0.2, -0.15) is 5.10 Å². The predicted molar refractivity (Wildman–Crippen MR) is 71.0 cm³/mol. The van der Waals surface area contributed by atoms with Gasteiger partial charge in [0.05, 0.1) is 0 Å². The molecule has 0 spiro atoms. The highest BCUT2D eigenvalue weighted by molar-refractivity contribution is 5.82. The predicted octanol–water partition coefficient (Wildman–Crippen LogP) is 1.95. The third kappa shape index (κ3) is 4.68. The highest BCUT2D eigenvalue weighted by Crippen LogP contribution is 2.04. The fourth-order valence-electron chi connectivity index (χ4n) is 1.35. The molecule has 17 heavy (non-hydrogen) atoms. The van der Waals surface area contributed by atoms with Crippen molar-refractivity contribution in [1.29, 1.82) is 0 Å². The molecular formula is C13H19N3O. The van der Waals surface area contributed by atoms with Crippen LogP contribution in [0.2, 0.25) is 0 Å². The molecule has 0 saturated carbocycles. The Labute approximate surface area is 102 Å². The monoisotopic (exact) mass is 233 g/mol. The van der Waals surface area contributed by atoms with Crippen LogP contribution in [-0.4, -0.2) is 10.3 Å². The van der Waals surface area contributed by atoms with Crippen molar-refractivity contribution in [2.24, 2.45) is 12.1 Å². The fourth-order valence-corrected chi connectivity index (χ4v) is 1.35. The second kappa shape index (κ2) is 6.03. The molecule has 1 aliphatic heterocycles. The molecule has 0 fully saturated rings. The fraction of sp³-hybridized carbons (Fsp3) is 0.385. The zero-order valence-corrected chi connectivity index (χ0v) is 10.7. The molecule has 0 amide bonds. The van der Waals surface area contributed by atoms with Crippen LogP contribution in [0.15, 0.2) is 40.5 Å². The molecule has 1 aromatic heterocycles. The first kappa shape index (κ1) is 13.2. The minimum absolute atomic E-state index is 0.0422. The Bertz CT molecular complexity index is 486. The van der Waals surface area contributed by atoms with Crippen molar-refractivity contribution >= 4 is 5.71 Å². The zero-order valence-electron chi connectivity index (χ0n) is 10.7. The Hall–Kier alpha value is -1.84. The molecule has 0 bridgehead atoms. The van der Waals surface area contributed by atoms with Gasteiger partial charge in [0, 0.05) is 30.7 Å². The lowest BCUT2D eigenvalue weighted by molar-refractivity contribution is 0.767. The van der Waals surface area contributed by atoms with E-state index in [1.165, 1.54) is 0 Å². The smallest absolute Gasteiger partial charge is 0.250 e. The van der Waals surface area contributed by atoms with Gasteiger partial charge in [-0.25, -0.2) is 0 Å². The van der Waals surface area contributed by atoms with Gasteiger partial charge in [0.15, 0.2) is 0 Å². The van der Waals surface area contributed by atoms with Gasteiger partial charge in [-0.3, -0.25) is 10.2 Å². The normalized spacial score (nSPS) is 14.3. The topological polar surface area (TPSA) is 46.4 Å². The van der Waals surface area contributed by atoms with Crippen molar-refractivity contribution in [2.75, 3.05) is 0 Å². The van der Waals surface area contributed by atoms with Crippen LogP contribution in [0.1, 0.15) is 25.3 Å². The van der Waals surface area contributed by atoms with Crippen LogP contribution in [0.25, 0.3) is 0 Å². The highest BCUT2D eigenvalue weighted by Gasteiger charge is 2.00. The van der Waals surface area contributed by atoms with E-state index in [-0.39, 0.29) is 5.56 Å². The largest absolute Gasteiger partial charge is 0.318 e. The number of aryl methyl sites for hydroxylation is 2. The van der Waals surface area contributed by atoms with Gasteiger partial charge in [0.25, 0.3) is 0 Å². The molecule has 0 aromatic carbocycles. The maximum absolute atomic E-state index is 10.7. The summed E-state index contributed by atoms with van der Waals surface area (Å²) in [5.74, 6) is 0. The van der Waals surface area contributed by atoms with Gasteiger partial charge in [-0.15, -0.1) is 0 Å². The number of allylic oxidation sites excluding steroid dienone is 1. The number of aromatic nitrogens is 1. The second-order valence-corrected chi connectivity index (χ2v) is 4.22. The average molecular weight is 233 g/mol. The summed E-state index contributed by atoms with van der Waals surface area (Å²) in [6.07, 6.45) is 3.91. The summed E-state index contributed by atoms with van der Waals surface area (Å²) in [5, 5.41) is 3.98. The zero-order chi connectivity index (χ0) is 12.8. The third-order valence-electron chi connectivity index (χ3n) is 2.43. The molecule has 92 valence electrons. The Balaban J connectivity index is 0.000000171. The van der Waals surface area contributed by atoms with Crippen LogP contribution in [0.5, 0.6) is 0 Å². The van der Waals surface area contributed by atoms with Crippen molar-refractivity contribution in [2.45, 2.75) is 26.7 Å². The van der Waals surface area contributed by atoms with Gasteiger partial charge in [0.2, 0.25) is 5.56 Å². The van der Waals surface area contributed by atoms with Crippen LogP contribution in [0.3, 0.4) is 0 Å². The molecule has 0 aliphatic carbocycles. The van der Waals surface area contributed by atoms with Gasteiger partial charge >= 0.3 is 0 Å². The number of hydrogen-bond acceptors (Lipinski definition) is 3. The van der Waals surface area contributed by atoms with Gasteiger partial charge in [-0.05, 0) is 32.3 Å². The second-order valence-electron chi connectivity index (χ2n) is 4.22. The first-order valence-electron chi connectivity index (χ1n) is 5.59. The molecule has 0 atom stereocenters. The number of rotatable bonds is 0. The van der Waals surface area contributed by atoms with E-state index in [0.29, 0.717) is 0 Å². The Morgan fingerprint density at radius 3 is 2.47 bits per heavy atom. The van der Waals surface area contributed by atoms with Crippen molar-refractivity contribution < 1.29 is 0 Å². The molecule has 2 heterocycles. The van der Waals surface area contributed by atoms with E-state index in [1.54, 1.807) is 17.7 Å². The van der Waals surface area contributed by atoms with E-state index in [1.807, 2.05) is 26.1 Å². The van der Waals surface area contributed by atoms with Crippen LogP contribution < -0.4 is 11.0 Å². The van der Waals surface area contributed by atoms with Crippen molar-refractivity contribution in [3.8, 4) is 0 Å². The molecule has 1 aromatic rings. The lowest BCUT2D eigenvalue weighted by atomic mass is 10.2. The van der Waals surface area contributed by atoms with Gasteiger partial charge < -0.3 is 4.57 Å². The number of nitrogens with one attached hydrogen (secondary N) is 1. The molecule has 0 radical (unpaired) electrons. The third-order valence-corrected chi connectivity index (χ3v) is 2.43. The Kier molecular flexibility index (Phi) is 4.69. The van der Waals surface area contributed by atoms with E-state index in [4.69, 9.17) is 0 Å². The summed E-state index contributed by atoms with van der Waals surface area (Å²) in [7, 11) is 1.75. The number of hydrazone groups is 1. The number of pyridine rings is 1. The minimum Gasteiger partial charge on any atom is -0.318 e. The molecule has 4 heteroatoms. The summed E-state index contributed by atoms with van der Waals surface area (Å²) in [6, 6.07) is 3.37. The summed E-state index contributed by atoms with van der Waals surface area (Å²) < 4.78 is 1.56. The number of nitrogens with zero attached hydrogens (tertiary/aromatic N) is 2. The Morgan fingerprint density at radius 2 is 2.06 bits per heavy atom. The SMILES string of the molecule is C=C1CCC(C)=NN1.Cc1ccc(=O)n(C)c1. The highest BCUT2D eigenvalue weighted by atomic mass is 16.1. The van der Waals surface area contributed by atoms with E-state index in [9.17, 15) is 4.79 Å². The molecule has 1 aliphatic rings. The molecular weight excluding hydrogens is 214 g/mol. The average Bonchev–Trinajstić information content (AvgIpc) is 2.29. The lowest BCUT2D eigenvalue weighted by Gasteiger charge is -2.10. The van der Waals surface area contributed by atoms with Crippen LogP contribution >= 0.6 is 0 Å². The summed E-state index contributed by atoms with van der Waals surface area (Å²) >= 11 is 0. The van der Waals surface area contributed by atoms with E-state index >= 15 is 0 Å².